The molecule has 0 saturated heterocycles. The highest BCUT2D eigenvalue weighted by molar-refractivity contribution is 4.61. The minimum atomic E-state index is 0.532. The lowest BCUT2D eigenvalue weighted by molar-refractivity contribution is -0.692. The Morgan fingerprint density at radius 1 is 1.25 bits per heavy atom. The van der Waals surface area contributed by atoms with Crippen molar-refractivity contribution in [3.05, 3.63) is 18.7 Å². The monoisotopic (exact) mass is 225 g/mol. The van der Waals surface area contributed by atoms with E-state index in [2.05, 4.69) is 51.1 Å². The van der Waals surface area contributed by atoms with Gasteiger partial charge in [-0.25, -0.2) is 4.57 Å². The van der Waals surface area contributed by atoms with Crippen molar-refractivity contribution in [2.45, 2.75) is 60.9 Å². The number of aromatic amines is 1. The van der Waals surface area contributed by atoms with Gasteiger partial charge in [-0.1, -0.05) is 41.0 Å². The zero-order valence-electron chi connectivity index (χ0n) is 11.9. The molecule has 0 aliphatic heterocycles. The fourth-order valence-corrected chi connectivity index (χ4v) is 1.24. The van der Waals surface area contributed by atoms with Crippen LogP contribution in [-0.4, -0.2) is 4.98 Å². The van der Waals surface area contributed by atoms with E-state index in [4.69, 9.17) is 0 Å². The first-order valence-electron chi connectivity index (χ1n) is 6.37. The van der Waals surface area contributed by atoms with Crippen LogP contribution in [0, 0.1) is 11.3 Å². The van der Waals surface area contributed by atoms with Gasteiger partial charge in [-0.15, -0.1) is 0 Å². The second-order valence-corrected chi connectivity index (χ2v) is 5.94. The minimum absolute atomic E-state index is 0.532. The first-order valence-corrected chi connectivity index (χ1v) is 6.37. The fraction of sp³-hybridized carbons (Fsp3) is 0.786. The van der Waals surface area contributed by atoms with Gasteiger partial charge in [0.05, 0.1) is 6.54 Å². The van der Waals surface area contributed by atoms with E-state index in [0.29, 0.717) is 5.41 Å². The third-order valence-electron chi connectivity index (χ3n) is 2.44. The van der Waals surface area contributed by atoms with E-state index < -0.39 is 0 Å². The van der Waals surface area contributed by atoms with Crippen LogP contribution in [0.15, 0.2) is 18.7 Å². The van der Waals surface area contributed by atoms with Gasteiger partial charge in [0, 0.05) is 0 Å². The molecule has 0 unspecified atom stereocenters. The maximum absolute atomic E-state index is 2.94. The van der Waals surface area contributed by atoms with Crippen molar-refractivity contribution >= 4 is 0 Å². The smallest absolute Gasteiger partial charge is 0.241 e. The van der Waals surface area contributed by atoms with Gasteiger partial charge in [0.25, 0.3) is 0 Å². The average Bonchev–Trinajstić information content (AvgIpc) is 2.67. The van der Waals surface area contributed by atoms with E-state index in [9.17, 15) is 0 Å². The number of nitrogens with zero attached hydrogens (tertiary/aromatic N) is 1. The van der Waals surface area contributed by atoms with Crippen molar-refractivity contribution in [3.8, 4) is 0 Å². The van der Waals surface area contributed by atoms with Crippen LogP contribution in [0.2, 0.25) is 0 Å². The Balaban J connectivity index is 0.000000288. The van der Waals surface area contributed by atoms with Crippen LogP contribution < -0.4 is 4.57 Å². The fourth-order valence-electron chi connectivity index (χ4n) is 1.24. The molecule has 0 saturated carbocycles. The van der Waals surface area contributed by atoms with Crippen molar-refractivity contribution in [2.75, 3.05) is 0 Å². The van der Waals surface area contributed by atoms with Crippen molar-refractivity contribution in [1.82, 2.24) is 4.98 Å². The standard InChI is InChI=1S/C9H20.C5H8N2/c1-8(2)6-7-9(3,4)5;1-2-7-4-3-6-5-7/h8H,6-7H2,1-5H3;3-5H,2H2,1H3/p+1. The van der Waals surface area contributed by atoms with Gasteiger partial charge >= 0.3 is 0 Å². The van der Waals surface area contributed by atoms with Crippen molar-refractivity contribution in [1.29, 1.82) is 0 Å². The van der Waals surface area contributed by atoms with Crippen molar-refractivity contribution < 1.29 is 4.57 Å². The summed E-state index contributed by atoms with van der Waals surface area (Å²) in [5.41, 5.74) is 0.532. The average molecular weight is 225 g/mol. The number of nitrogens with one attached hydrogen (secondary N) is 1. The third-order valence-corrected chi connectivity index (χ3v) is 2.44. The lowest BCUT2D eigenvalue weighted by Gasteiger charge is -2.18. The van der Waals surface area contributed by atoms with E-state index in [1.807, 2.05) is 18.7 Å². The molecule has 1 heterocycles. The SMILES string of the molecule is CC(C)CCC(C)(C)C.CC[n+]1cc[nH]c1. The number of hydrogen-bond acceptors (Lipinski definition) is 0. The molecular formula is C14H29N2+. The summed E-state index contributed by atoms with van der Waals surface area (Å²) in [6.07, 6.45) is 8.55. The summed E-state index contributed by atoms with van der Waals surface area (Å²) in [7, 11) is 0. The van der Waals surface area contributed by atoms with E-state index in [0.717, 1.165) is 12.5 Å². The highest BCUT2D eigenvalue weighted by atomic mass is 15.0. The summed E-state index contributed by atoms with van der Waals surface area (Å²) >= 11 is 0. The maximum Gasteiger partial charge on any atom is 0.241 e. The quantitative estimate of drug-likeness (QED) is 0.755. The number of aryl methyl sites for hydroxylation is 1. The molecule has 0 fully saturated rings. The number of hydrogen-bond donors (Lipinski definition) is 1. The van der Waals surface area contributed by atoms with Gasteiger partial charge in [-0.2, -0.15) is 0 Å². The highest BCUT2D eigenvalue weighted by Crippen LogP contribution is 2.22. The summed E-state index contributed by atoms with van der Waals surface area (Å²) in [6.45, 7) is 14.6. The zero-order valence-corrected chi connectivity index (χ0v) is 11.9. The topological polar surface area (TPSA) is 19.7 Å². The third kappa shape index (κ3) is 9.75. The molecule has 1 N–H and O–H groups in total. The minimum Gasteiger partial charge on any atom is -0.250 e. The Labute approximate surface area is 101 Å². The largest absolute Gasteiger partial charge is 0.250 e. The van der Waals surface area contributed by atoms with Crippen LogP contribution >= 0.6 is 0 Å². The molecule has 94 valence electrons. The molecule has 2 nitrogen and oxygen atoms in total. The Hall–Kier alpha value is -0.790. The molecule has 0 aromatic carbocycles. The Bertz CT molecular complexity index is 242. The number of aromatic nitrogens is 2. The van der Waals surface area contributed by atoms with Crippen LogP contribution in [0.3, 0.4) is 0 Å². The molecule has 0 spiro atoms. The molecule has 0 aliphatic rings. The summed E-state index contributed by atoms with van der Waals surface area (Å²) in [4.78, 5) is 2.94. The Kier molecular flexibility index (Phi) is 7.11. The molecule has 2 heteroatoms. The van der Waals surface area contributed by atoms with Gasteiger partial charge in [-0.3, -0.25) is 4.98 Å². The van der Waals surface area contributed by atoms with Crippen molar-refractivity contribution in [3.63, 3.8) is 0 Å². The van der Waals surface area contributed by atoms with E-state index in [1.165, 1.54) is 12.8 Å². The normalized spacial score (nSPS) is 11.2. The number of rotatable bonds is 3. The highest BCUT2D eigenvalue weighted by Gasteiger charge is 2.09. The molecule has 16 heavy (non-hydrogen) atoms. The van der Waals surface area contributed by atoms with Gasteiger partial charge < -0.3 is 0 Å². The lowest BCUT2D eigenvalue weighted by atomic mass is 9.88. The van der Waals surface area contributed by atoms with Crippen LogP contribution in [0.4, 0.5) is 0 Å². The van der Waals surface area contributed by atoms with Crippen LogP contribution in [0.1, 0.15) is 54.4 Å². The second kappa shape index (κ2) is 7.48. The lowest BCUT2D eigenvalue weighted by Crippen LogP contribution is -2.27. The van der Waals surface area contributed by atoms with Gasteiger partial charge in [-0.05, 0) is 24.7 Å². The van der Waals surface area contributed by atoms with E-state index in [1.54, 1.807) is 0 Å². The molecule has 1 aromatic heterocycles. The van der Waals surface area contributed by atoms with Gasteiger partial charge in [0.2, 0.25) is 6.33 Å². The first kappa shape index (κ1) is 15.2. The summed E-state index contributed by atoms with van der Waals surface area (Å²) in [6, 6.07) is 0. The number of H-pyrrole nitrogens is 1. The molecular weight excluding hydrogens is 196 g/mol. The Morgan fingerprint density at radius 2 is 1.88 bits per heavy atom. The van der Waals surface area contributed by atoms with Gasteiger partial charge in [0.15, 0.2) is 0 Å². The molecule has 0 aliphatic carbocycles. The van der Waals surface area contributed by atoms with Crippen LogP contribution in [0.25, 0.3) is 0 Å². The van der Waals surface area contributed by atoms with Crippen LogP contribution in [0.5, 0.6) is 0 Å². The molecule has 1 aromatic rings. The van der Waals surface area contributed by atoms with Crippen LogP contribution in [-0.2, 0) is 6.54 Å². The van der Waals surface area contributed by atoms with E-state index >= 15 is 0 Å². The molecule has 0 amide bonds. The first-order chi connectivity index (χ1) is 7.35. The zero-order chi connectivity index (χ0) is 12.6. The molecule has 1 rings (SSSR count). The summed E-state index contributed by atoms with van der Waals surface area (Å²) in [5, 5.41) is 0. The summed E-state index contributed by atoms with van der Waals surface area (Å²) in [5.74, 6) is 0.865. The predicted molar refractivity (Wildman–Crippen MR) is 70.2 cm³/mol. The molecule has 0 radical (unpaired) electrons. The summed E-state index contributed by atoms with van der Waals surface area (Å²) < 4.78 is 2.07. The molecule has 0 atom stereocenters. The number of imidazole rings is 1. The van der Waals surface area contributed by atoms with E-state index in [-0.39, 0.29) is 0 Å². The second-order valence-electron chi connectivity index (χ2n) is 5.94. The van der Waals surface area contributed by atoms with Crippen molar-refractivity contribution in [2.24, 2.45) is 11.3 Å². The molecule has 0 bridgehead atoms. The predicted octanol–water partition coefficient (Wildman–Crippen LogP) is 3.79. The maximum atomic E-state index is 2.94. The van der Waals surface area contributed by atoms with Gasteiger partial charge in [0.1, 0.15) is 12.4 Å². The Morgan fingerprint density at radius 3 is 2.06 bits per heavy atom.